The minimum Gasteiger partial charge on any atom is -0.507 e. The fourth-order valence-corrected chi connectivity index (χ4v) is 9.26. The second kappa shape index (κ2) is 16.3. The molecular weight excluding hydrogens is 683 g/mol. The molecule has 0 atom stereocenters. The summed E-state index contributed by atoms with van der Waals surface area (Å²) in [6.45, 7) is 10.0. The monoisotopic (exact) mass is 733 g/mol. The van der Waals surface area contributed by atoms with Crippen molar-refractivity contribution in [1.82, 2.24) is 0 Å². The van der Waals surface area contributed by atoms with Crippen molar-refractivity contribution in [2.45, 2.75) is 115 Å². The number of rotatable bonds is 13. The minimum atomic E-state index is -0.787. The molecule has 4 aromatic rings. The average Bonchev–Trinajstić information content (AvgIpc) is 3.13. The Bertz CT molecular complexity index is 2010. The molecule has 0 amide bonds. The molecule has 1 fully saturated rings. The fourth-order valence-electron chi connectivity index (χ4n) is 8.23. The molecule has 0 bridgehead atoms. The van der Waals surface area contributed by atoms with Gasteiger partial charge >= 0.3 is 0 Å². The van der Waals surface area contributed by atoms with E-state index in [1.807, 2.05) is 52.0 Å². The topological polar surface area (TPSA) is 118 Å². The summed E-state index contributed by atoms with van der Waals surface area (Å²) < 4.78 is 0. The maximum absolute atomic E-state index is 14.3. The third-order valence-corrected chi connectivity index (χ3v) is 12.0. The highest BCUT2D eigenvalue weighted by Gasteiger charge is 2.43. The van der Waals surface area contributed by atoms with Crippen molar-refractivity contribution in [2.24, 2.45) is 17.8 Å². The molecule has 0 radical (unpaired) electrons. The molecule has 0 aliphatic heterocycles. The lowest BCUT2D eigenvalue weighted by molar-refractivity contribution is -0.385. The van der Waals surface area contributed by atoms with Crippen LogP contribution >= 0.6 is 11.8 Å². The first kappa shape index (κ1) is 38.3. The van der Waals surface area contributed by atoms with Crippen molar-refractivity contribution >= 4 is 29.0 Å². The molecule has 4 aromatic carbocycles. The lowest BCUT2D eigenvalue weighted by Gasteiger charge is -2.29. The molecule has 278 valence electrons. The van der Waals surface area contributed by atoms with Crippen LogP contribution in [0.1, 0.15) is 140 Å². The summed E-state index contributed by atoms with van der Waals surface area (Å²) in [5, 5.41) is 35.1. The number of hydrogen-bond donors (Lipinski definition) is 2. The van der Waals surface area contributed by atoms with E-state index in [-0.39, 0.29) is 40.7 Å². The molecule has 6 rings (SSSR count). The molecule has 53 heavy (non-hydrogen) atoms. The van der Waals surface area contributed by atoms with Crippen LogP contribution in [0.5, 0.6) is 11.5 Å². The van der Waals surface area contributed by atoms with Crippen LogP contribution in [-0.2, 0) is 12.8 Å². The van der Waals surface area contributed by atoms with E-state index in [1.54, 1.807) is 6.07 Å². The molecule has 7 nitrogen and oxygen atoms in total. The van der Waals surface area contributed by atoms with Gasteiger partial charge in [0.15, 0.2) is 0 Å². The number of nitrogens with zero attached hydrogens (tertiary/aromatic N) is 1. The summed E-state index contributed by atoms with van der Waals surface area (Å²) in [6.07, 6.45) is 11.2. The predicted molar refractivity (Wildman–Crippen MR) is 212 cm³/mol. The third-order valence-electron chi connectivity index (χ3n) is 10.9. The van der Waals surface area contributed by atoms with Gasteiger partial charge in [-0.15, -0.1) is 0 Å². The number of fused-ring (bicyclic) bond motifs is 2. The number of hydrogen-bond acceptors (Lipinski definition) is 7. The largest absolute Gasteiger partial charge is 0.507 e. The number of carbonyl (C=O) groups excluding carboxylic acids is 2. The average molecular weight is 734 g/mol. The Kier molecular flexibility index (Phi) is 11.8. The van der Waals surface area contributed by atoms with Gasteiger partial charge in [-0.25, -0.2) is 0 Å². The van der Waals surface area contributed by atoms with Gasteiger partial charge in [-0.3, -0.25) is 19.7 Å². The number of nitro groups is 1. The minimum absolute atomic E-state index is 0.0229. The Morgan fingerprint density at radius 2 is 1.26 bits per heavy atom. The Morgan fingerprint density at radius 3 is 1.81 bits per heavy atom. The lowest BCUT2D eigenvalue weighted by atomic mass is 9.77. The normalized spacial score (nSPS) is 17.0. The van der Waals surface area contributed by atoms with Gasteiger partial charge in [0.25, 0.3) is 5.69 Å². The smallest absolute Gasteiger partial charge is 0.281 e. The van der Waals surface area contributed by atoms with E-state index < -0.39 is 39.1 Å². The number of ketones is 2. The number of carbonyl (C=O) groups is 2. The first-order chi connectivity index (χ1) is 25.4. The highest BCUT2D eigenvalue weighted by atomic mass is 32.2. The summed E-state index contributed by atoms with van der Waals surface area (Å²) in [5.74, 6) is -0.663. The van der Waals surface area contributed by atoms with E-state index in [9.17, 15) is 29.9 Å². The third kappa shape index (κ3) is 8.08. The second-order valence-electron chi connectivity index (χ2n) is 15.9. The first-order valence-electron chi connectivity index (χ1n) is 19.3. The van der Waals surface area contributed by atoms with Crippen LogP contribution in [0.2, 0.25) is 0 Å². The van der Waals surface area contributed by atoms with Crippen LogP contribution < -0.4 is 0 Å². The van der Waals surface area contributed by atoms with Gasteiger partial charge in [-0.1, -0.05) is 108 Å². The van der Waals surface area contributed by atoms with E-state index in [4.69, 9.17) is 0 Å². The summed E-state index contributed by atoms with van der Waals surface area (Å²) in [5.41, 5.74) is 2.63. The number of benzene rings is 4. The summed E-state index contributed by atoms with van der Waals surface area (Å²) >= 11 is 1.28. The molecule has 0 saturated heterocycles. The molecule has 8 heteroatoms. The second-order valence-corrected chi connectivity index (χ2v) is 17.0. The van der Waals surface area contributed by atoms with Gasteiger partial charge in [0, 0.05) is 21.4 Å². The zero-order chi connectivity index (χ0) is 38.0. The van der Waals surface area contributed by atoms with Crippen molar-refractivity contribution in [3.8, 4) is 22.6 Å². The number of phenols is 2. The zero-order valence-corrected chi connectivity index (χ0v) is 32.4. The highest BCUT2D eigenvalue weighted by molar-refractivity contribution is 7.99. The van der Waals surface area contributed by atoms with Gasteiger partial charge < -0.3 is 10.2 Å². The van der Waals surface area contributed by atoms with Crippen LogP contribution in [0.4, 0.5) is 5.69 Å². The maximum Gasteiger partial charge on any atom is 0.281 e. The van der Waals surface area contributed by atoms with E-state index in [1.165, 1.54) is 74.8 Å². The molecule has 2 N–H and O–H groups in total. The van der Waals surface area contributed by atoms with Crippen LogP contribution in [0, 0.1) is 27.9 Å². The molecule has 0 heterocycles. The number of phenolic OH excluding ortho intramolecular Hbond substituents is 2. The van der Waals surface area contributed by atoms with Gasteiger partial charge in [-0.05, 0) is 103 Å². The van der Waals surface area contributed by atoms with Crippen LogP contribution in [0.25, 0.3) is 11.1 Å². The summed E-state index contributed by atoms with van der Waals surface area (Å²) in [7, 11) is 0. The number of unbranched alkanes of at least 4 members (excludes halogenated alkanes) is 2. The van der Waals surface area contributed by atoms with Gasteiger partial charge in [-0.2, -0.15) is 0 Å². The Labute approximate surface area is 317 Å². The molecule has 0 aromatic heterocycles. The Morgan fingerprint density at radius 1 is 0.736 bits per heavy atom. The van der Waals surface area contributed by atoms with Crippen molar-refractivity contribution in [2.75, 3.05) is 0 Å². The SMILES string of the molecule is CCCCCC1CCC(c2ccc(-c3ccc(Sc4cc(CC(C)C)c(O)c5c4C(=O)c4c([N+](=O)[O-])cc(CC(C)C)c(O)c4C5=O)cc3)cc2)CC1. The van der Waals surface area contributed by atoms with E-state index in [0.29, 0.717) is 22.8 Å². The lowest BCUT2D eigenvalue weighted by Crippen LogP contribution is -2.25. The first-order valence-corrected chi connectivity index (χ1v) is 20.1. The summed E-state index contributed by atoms with van der Waals surface area (Å²) in [6, 6.07) is 19.8. The molecule has 0 unspecified atom stereocenters. The maximum atomic E-state index is 14.3. The van der Waals surface area contributed by atoms with Crippen LogP contribution in [0.15, 0.2) is 70.5 Å². The Hall–Kier alpha value is -4.43. The zero-order valence-electron chi connectivity index (χ0n) is 31.5. The number of nitro benzene ring substituents is 1. The Balaban J connectivity index is 1.29. The fraction of sp³-hybridized carbons (Fsp3) is 0.422. The predicted octanol–water partition coefficient (Wildman–Crippen LogP) is 11.9. The van der Waals surface area contributed by atoms with E-state index >= 15 is 0 Å². The van der Waals surface area contributed by atoms with Crippen molar-refractivity contribution in [1.29, 1.82) is 0 Å². The van der Waals surface area contributed by atoms with Crippen molar-refractivity contribution in [3.05, 3.63) is 110 Å². The van der Waals surface area contributed by atoms with Crippen molar-refractivity contribution < 1.29 is 24.7 Å². The molecule has 1 saturated carbocycles. The van der Waals surface area contributed by atoms with Gasteiger partial charge in [0.05, 0.1) is 21.6 Å². The van der Waals surface area contributed by atoms with Gasteiger partial charge in [0.1, 0.15) is 17.1 Å². The van der Waals surface area contributed by atoms with Crippen LogP contribution in [0.3, 0.4) is 0 Å². The molecule has 0 spiro atoms. The summed E-state index contributed by atoms with van der Waals surface area (Å²) in [4.78, 5) is 41.4. The highest BCUT2D eigenvalue weighted by Crippen LogP contribution is 2.48. The molecular formula is C45H51NO6S. The molecule has 2 aliphatic carbocycles. The van der Waals surface area contributed by atoms with Crippen molar-refractivity contribution in [3.63, 3.8) is 0 Å². The molecule has 2 aliphatic rings. The standard InChI is InChI=1S/C45H51NO6S/c1-6-7-8-9-28-10-12-29(13-11-28)30-14-16-31(17-15-30)32-18-20-35(21-19-32)53-37-25-34(23-27(4)5)43(48)41-39(37)44(49)38-36(46(51)52)24-33(22-26(2)3)42(47)40(38)45(41)50/h14-21,24-29,47-48H,6-13,22-23H2,1-5H3. The van der Waals surface area contributed by atoms with Gasteiger partial charge in [0.2, 0.25) is 11.6 Å². The quantitative estimate of drug-likeness (QED) is 0.0702. The van der Waals surface area contributed by atoms with E-state index in [0.717, 1.165) is 21.9 Å². The number of aromatic hydroxyl groups is 2. The van der Waals surface area contributed by atoms with Crippen LogP contribution in [-0.4, -0.2) is 26.7 Å². The van der Waals surface area contributed by atoms with E-state index in [2.05, 4.69) is 31.2 Å².